The van der Waals surface area contributed by atoms with E-state index in [-0.39, 0.29) is 22.6 Å². The van der Waals surface area contributed by atoms with Crippen molar-refractivity contribution in [3.05, 3.63) is 57.6 Å². The Morgan fingerprint density at radius 1 is 1.24 bits per heavy atom. The van der Waals surface area contributed by atoms with Crippen LogP contribution in [0.4, 0.5) is 5.69 Å². The number of methoxy groups -OCH3 is 2. The zero-order valence-corrected chi connectivity index (χ0v) is 13.4. The maximum atomic E-state index is 12.2. The number of phenolic OH excluding ortho intramolecular Hbond substituents is 1. The summed E-state index contributed by atoms with van der Waals surface area (Å²) in [6.07, 6.45) is 1.11. The smallest absolute Gasteiger partial charge is 0.275 e. The molecular formula is C16H15N3O6. The third kappa shape index (κ3) is 4.22. The molecule has 2 aromatic carbocycles. The Morgan fingerprint density at radius 2 is 2.00 bits per heavy atom. The lowest BCUT2D eigenvalue weighted by Crippen LogP contribution is -2.18. The molecular weight excluding hydrogens is 330 g/mol. The van der Waals surface area contributed by atoms with E-state index < -0.39 is 10.8 Å². The molecule has 0 fully saturated rings. The van der Waals surface area contributed by atoms with Gasteiger partial charge < -0.3 is 14.6 Å². The number of hydrogen-bond acceptors (Lipinski definition) is 7. The number of carbonyl (C=O) groups excluding carboxylic acids is 1. The molecule has 0 saturated carbocycles. The van der Waals surface area contributed by atoms with E-state index in [1.54, 1.807) is 12.1 Å². The number of carbonyl (C=O) groups is 1. The normalized spacial score (nSPS) is 10.5. The first-order chi connectivity index (χ1) is 12.0. The Hall–Kier alpha value is -3.62. The third-order valence-electron chi connectivity index (χ3n) is 3.24. The zero-order valence-electron chi connectivity index (χ0n) is 13.4. The van der Waals surface area contributed by atoms with Crippen molar-refractivity contribution in [2.24, 2.45) is 5.10 Å². The molecule has 0 aliphatic heterocycles. The zero-order chi connectivity index (χ0) is 18.4. The second-order valence-corrected chi connectivity index (χ2v) is 4.77. The molecule has 0 aliphatic carbocycles. The van der Waals surface area contributed by atoms with Crippen molar-refractivity contribution >= 4 is 17.8 Å². The Labute approximate surface area is 142 Å². The highest BCUT2D eigenvalue weighted by molar-refractivity contribution is 5.97. The van der Waals surface area contributed by atoms with Crippen LogP contribution >= 0.6 is 0 Å². The van der Waals surface area contributed by atoms with E-state index in [2.05, 4.69) is 10.5 Å². The molecule has 1 amide bonds. The lowest BCUT2D eigenvalue weighted by molar-refractivity contribution is -0.384. The molecule has 0 aliphatic rings. The van der Waals surface area contributed by atoms with Gasteiger partial charge in [0.15, 0.2) is 0 Å². The number of benzene rings is 2. The number of nitrogens with one attached hydrogen (secondary N) is 1. The number of nitrogens with zero attached hydrogens (tertiary/aromatic N) is 2. The average molecular weight is 345 g/mol. The highest BCUT2D eigenvalue weighted by atomic mass is 16.6. The standard InChI is InChI=1S/C16H15N3O6/c1-24-12-4-5-13(15(8-12)25-2)16(21)18-17-9-10-7-11(19(22)23)3-6-14(10)20/h3-9,20H,1-2H3,(H,18,21)/b17-9+. The summed E-state index contributed by atoms with van der Waals surface area (Å²) in [6, 6.07) is 8.12. The second kappa shape index (κ2) is 7.77. The molecule has 2 aromatic rings. The molecule has 0 spiro atoms. The highest BCUT2D eigenvalue weighted by Crippen LogP contribution is 2.24. The third-order valence-corrected chi connectivity index (χ3v) is 3.24. The number of amides is 1. The topological polar surface area (TPSA) is 123 Å². The quantitative estimate of drug-likeness (QED) is 0.469. The molecule has 0 aromatic heterocycles. The molecule has 25 heavy (non-hydrogen) atoms. The summed E-state index contributed by atoms with van der Waals surface area (Å²) in [5, 5.41) is 24.1. The molecule has 9 heteroatoms. The molecule has 0 saturated heterocycles. The first-order valence-electron chi connectivity index (χ1n) is 6.99. The lowest BCUT2D eigenvalue weighted by Gasteiger charge is -2.08. The molecule has 2 N–H and O–H groups in total. The predicted octanol–water partition coefficient (Wildman–Crippen LogP) is 2.08. The van der Waals surface area contributed by atoms with Crippen LogP contribution in [0.2, 0.25) is 0 Å². The fourth-order valence-corrected chi connectivity index (χ4v) is 1.97. The first-order valence-corrected chi connectivity index (χ1v) is 6.99. The number of phenols is 1. The van der Waals surface area contributed by atoms with Crippen molar-refractivity contribution < 1.29 is 24.3 Å². The van der Waals surface area contributed by atoms with Gasteiger partial charge in [-0.05, 0) is 18.2 Å². The van der Waals surface area contributed by atoms with Crippen LogP contribution in [0.5, 0.6) is 17.2 Å². The number of nitro benzene ring substituents is 1. The maximum absolute atomic E-state index is 12.2. The van der Waals surface area contributed by atoms with Gasteiger partial charge in [0.05, 0.1) is 30.9 Å². The molecule has 9 nitrogen and oxygen atoms in total. The van der Waals surface area contributed by atoms with Gasteiger partial charge in [-0.2, -0.15) is 5.10 Å². The van der Waals surface area contributed by atoms with Gasteiger partial charge in [0.25, 0.3) is 11.6 Å². The van der Waals surface area contributed by atoms with E-state index in [1.807, 2.05) is 0 Å². The summed E-state index contributed by atoms with van der Waals surface area (Å²) in [7, 11) is 2.90. The van der Waals surface area contributed by atoms with E-state index in [1.165, 1.54) is 26.4 Å². The largest absolute Gasteiger partial charge is 0.507 e. The van der Waals surface area contributed by atoms with Crippen LogP contribution in [-0.4, -0.2) is 36.4 Å². The Bertz CT molecular complexity index is 835. The summed E-state index contributed by atoms with van der Waals surface area (Å²) in [6.45, 7) is 0. The second-order valence-electron chi connectivity index (χ2n) is 4.77. The van der Waals surface area contributed by atoms with E-state index >= 15 is 0 Å². The van der Waals surface area contributed by atoms with E-state index in [9.17, 15) is 20.0 Å². The Balaban J connectivity index is 2.16. The first kappa shape index (κ1) is 17.7. The van der Waals surface area contributed by atoms with Gasteiger partial charge in [0.1, 0.15) is 17.2 Å². The van der Waals surface area contributed by atoms with Gasteiger partial charge in [-0.15, -0.1) is 0 Å². The average Bonchev–Trinajstić information content (AvgIpc) is 2.62. The monoisotopic (exact) mass is 345 g/mol. The van der Waals surface area contributed by atoms with Gasteiger partial charge in [-0.1, -0.05) is 0 Å². The predicted molar refractivity (Wildman–Crippen MR) is 89.4 cm³/mol. The number of hydrogen-bond donors (Lipinski definition) is 2. The summed E-state index contributed by atoms with van der Waals surface area (Å²) in [5.41, 5.74) is 2.38. The number of rotatable bonds is 6. The molecule has 0 unspecified atom stereocenters. The van der Waals surface area contributed by atoms with Crippen LogP contribution in [0.15, 0.2) is 41.5 Å². The van der Waals surface area contributed by atoms with E-state index in [0.29, 0.717) is 11.5 Å². The van der Waals surface area contributed by atoms with Crippen molar-refractivity contribution in [1.29, 1.82) is 0 Å². The molecule has 0 radical (unpaired) electrons. The lowest BCUT2D eigenvalue weighted by atomic mass is 10.2. The minimum Gasteiger partial charge on any atom is -0.507 e. The number of hydrazone groups is 1. The number of non-ortho nitro benzene ring substituents is 1. The Kier molecular flexibility index (Phi) is 5.51. The van der Waals surface area contributed by atoms with Crippen molar-refractivity contribution in [3.8, 4) is 17.2 Å². The number of nitro groups is 1. The number of ether oxygens (including phenoxy) is 2. The van der Waals surface area contributed by atoms with Crippen molar-refractivity contribution in [2.45, 2.75) is 0 Å². The van der Waals surface area contributed by atoms with Gasteiger partial charge in [-0.3, -0.25) is 14.9 Å². The van der Waals surface area contributed by atoms with Crippen LogP contribution in [0.1, 0.15) is 15.9 Å². The highest BCUT2D eigenvalue weighted by Gasteiger charge is 2.13. The molecule has 2 rings (SSSR count). The van der Waals surface area contributed by atoms with E-state index in [0.717, 1.165) is 18.3 Å². The molecule has 0 bridgehead atoms. The van der Waals surface area contributed by atoms with Crippen LogP contribution in [-0.2, 0) is 0 Å². The van der Waals surface area contributed by atoms with Gasteiger partial charge in [0, 0.05) is 23.8 Å². The van der Waals surface area contributed by atoms with Gasteiger partial charge in [-0.25, -0.2) is 5.43 Å². The van der Waals surface area contributed by atoms with Gasteiger partial charge >= 0.3 is 0 Å². The van der Waals surface area contributed by atoms with Gasteiger partial charge in [0.2, 0.25) is 0 Å². The minimum atomic E-state index is -0.600. The van der Waals surface area contributed by atoms with Crippen LogP contribution in [0.25, 0.3) is 0 Å². The summed E-state index contributed by atoms with van der Waals surface area (Å²) < 4.78 is 10.2. The van der Waals surface area contributed by atoms with Crippen LogP contribution in [0, 0.1) is 10.1 Å². The summed E-state index contributed by atoms with van der Waals surface area (Å²) in [5.74, 6) is 0.0648. The maximum Gasteiger partial charge on any atom is 0.275 e. The van der Waals surface area contributed by atoms with Crippen molar-refractivity contribution in [2.75, 3.05) is 14.2 Å². The minimum absolute atomic E-state index is 0.0937. The SMILES string of the molecule is COc1ccc(C(=O)N/N=C/c2cc([N+](=O)[O-])ccc2O)c(OC)c1. The summed E-state index contributed by atoms with van der Waals surface area (Å²) >= 11 is 0. The fourth-order valence-electron chi connectivity index (χ4n) is 1.97. The molecule has 0 heterocycles. The van der Waals surface area contributed by atoms with Crippen molar-refractivity contribution in [1.82, 2.24) is 5.43 Å². The molecule has 130 valence electrons. The van der Waals surface area contributed by atoms with Crippen LogP contribution in [0.3, 0.4) is 0 Å². The van der Waals surface area contributed by atoms with E-state index in [4.69, 9.17) is 9.47 Å². The van der Waals surface area contributed by atoms with Crippen molar-refractivity contribution in [3.63, 3.8) is 0 Å². The molecule has 0 atom stereocenters. The number of aromatic hydroxyl groups is 1. The summed E-state index contributed by atoms with van der Waals surface area (Å²) in [4.78, 5) is 22.3. The van der Waals surface area contributed by atoms with Crippen LogP contribution < -0.4 is 14.9 Å². The fraction of sp³-hybridized carbons (Fsp3) is 0.125. The Morgan fingerprint density at radius 3 is 2.64 bits per heavy atom.